The van der Waals surface area contributed by atoms with E-state index in [1.807, 2.05) is 25.1 Å². The molecule has 4 aromatic heterocycles. The average molecular weight is 308 g/mol. The van der Waals surface area contributed by atoms with E-state index >= 15 is 0 Å². The van der Waals surface area contributed by atoms with E-state index in [0.717, 1.165) is 27.9 Å². The van der Waals surface area contributed by atoms with Gasteiger partial charge in [-0.1, -0.05) is 0 Å². The van der Waals surface area contributed by atoms with E-state index < -0.39 is 0 Å². The van der Waals surface area contributed by atoms with Crippen LogP contribution in [0.25, 0.3) is 22.1 Å². The third-order valence-electron chi connectivity index (χ3n) is 4.17. The van der Waals surface area contributed by atoms with Crippen LogP contribution < -0.4 is 0 Å². The molecule has 4 aromatic rings. The maximum absolute atomic E-state index is 8.96. The van der Waals surface area contributed by atoms with Crippen LogP contribution in [0.1, 0.15) is 22.5 Å². The van der Waals surface area contributed by atoms with Crippen LogP contribution in [0.5, 0.6) is 0 Å². The van der Waals surface area contributed by atoms with Gasteiger partial charge < -0.3 is 15.1 Å². The van der Waals surface area contributed by atoms with Gasteiger partial charge in [-0.2, -0.15) is 0 Å². The zero-order valence-corrected chi connectivity index (χ0v) is 13.5. The summed E-state index contributed by atoms with van der Waals surface area (Å²) in [5, 5.41) is 11.3. The topological polar surface area (TPSA) is 77.6 Å². The summed E-state index contributed by atoms with van der Waals surface area (Å²) in [6, 6.07) is 7.93. The third-order valence-corrected chi connectivity index (χ3v) is 4.17. The van der Waals surface area contributed by atoms with Crippen molar-refractivity contribution >= 4 is 22.1 Å². The van der Waals surface area contributed by atoms with E-state index in [4.69, 9.17) is 5.11 Å². The fourth-order valence-electron chi connectivity index (χ4n) is 2.65. The molecule has 0 radical (unpaired) electrons. The van der Waals surface area contributed by atoms with Gasteiger partial charge in [0.15, 0.2) is 0 Å². The molecule has 0 fully saturated rings. The summed E-state index contributed by atoms with van der Waals surface area (Å²) in [7, 11) is 0. The highest BCUT2D eigenvalue weighted by atomic mass is 16.3. The van der Waals surface area contributed by atoms with E-state index in [2.05, 4.69) is 39.8 Å². The van der Waals surface area contributed by atoms with Crippen LogP contribution in [0, 0.1) is 20.8 Å². The molecule has 0 aliphatic rings. The Kier molecular flexibility index (Phi) is 4.12. The van der Waals surface area contributed by atoms with Crippen molar-refractivity contribution in [3.63, 3.8) is 0 Å². The number of aliphatic hydroxyl groups is 1. The number of nitrogens with one attached hydrogen (secondary N) is 2. The molecular formula is C18H20N4O. The van der Waals surface area contributed by atoms with E-state index in [1.54, 1.807) is 12.4 Å². The van der Waals surface area contributed by atoms with Crippen molar-refractivity contribution in [1.82, 2.24) is 19.9 Å². The Morgan fingerprint density at radius 3 is 1.96 bits per heavy atom. The Labute approximate surface area is 134 Å². The number of fused-ring (bicyclic) bond motifs is 2. The van der Waals surface area contributed by atoms with Crippen molar-refractivity contribution in [2.75, 3.05) is 0 Å². The van der Waals surface area contributed by atoms with Crippen LogP contribution in [0.2, 0.25) is 0 Å². The molecule has 0 amide bonds. The van der Waals surface area contributed by atoms with Crippen LogP contribution in [-0.4, -0.2) is 25.0 Å². The SMILES string of the molecule is Cc1[nH]c2ncccc2c1C.Cc1c(CO)[nH]c2ncccc12. The number of aromatic nitrogens is 4. The number of aromatic amines is 2. The predicted octanol–water partition coefficient (Wildman–Crippen LogP) is 3.54. The van der Waals surface area contributed by atoms with E-state index in [0.29, 0.717) is 0 Å². The number of aryl methyl sites for hydroxylation is 3. The van der Waals surface area contributed by atoms with Gasteiger partial charge in [-0.3, -0.25) is 0 Å². The summed E-state index contributed by atoms with van der Waals surface area (Å²) in [6.07, 6.45) is 3.54. The molecule has 0 unspecified atom stereocenters. The molecule has 0 aromatic carbocycles. The quantitative estimate of drug-likeness (QED) is 0.503. The Hall–Kier alpha value is -2.66. The summed E-state index contributed by atoms with van der Waals surface area (Å²) in [5.41, 5.74) is 6.28. The first-order valence-electron chi connectivity index (χ1n) is 7.54. The minimum Gasteiger partial charge on any atom is -0.390 e. The Morgan fingerprint density at radius 1 is 0.870 bits per heavy atom. The van der Waals surface area contributed by atoms with Gasteiger partial charge in [0.2, 0.25) is 0 Å². The maximum Gasteiger partial charge on any atom is 0.137 e. The second-order valence-electron chi connectivity index (χ2n) is 5.56. The van der Waals surface area contributed by atoms with Crippen LogP contribution in [0.4, 0.5) is 0 Å². The summed E-state index contributed by atoms with van der Waals surface area (Å²) in [5.74, 6) is 0. The summed E-state index contributed by atoms with van der Waals surface area (Å²) in [6.45, 7) is 6.20. The van der Waals surface area contributed by atoms with Crippen molar-refractivity contribution in [2.24, 2.45) is 0 Å². The summed E-state index contributed by atoms with van der Waals surface area (Å²) in [4.78, 5) is 14.6. The molecule has 4 rings (SSSR count). The van der Waals surface area contributed by atoms with Gasteiger partial charge in [0.25, 0.3) is 0 Å². The molecular weight excluding hydrogens is 288 g/mol. The highest BCUT2D eigenvalue weighted by Crippen LogP contribution is 2.19. The van der Waals surface area contributed by atoms with E-state index in [9.17, 15) is 0 Å². The standard InChI is InChI=1S/C9H10N2O.C9H10N2/c1-6-7-3-2-4-10-9(7)11-8(6)5-12;1-6-7(2)11-9-8(6)4-3-5-10-9/h2-4,12H,5H2,1H3,(H,10,11);3-5H,1-2H3,(H,10,11). The monoisotopic (exact) mass is 308 g/mol. The number of aliphatic hydroxyl groups excluding tert-OH is 1. The number of nitrogens with zero attached hydrogens (tertiary/aromatic N) is 2. The second kappa shape index (κ2) is 6.22. The lowest BCUT2D eigenvalue weighted by molar-refractivity contribution is 0.277. The van der Waals surface area contributed by atoms with Crippen LogP contribution in [0.15, 0.2) is 36.7 Å². The van der Waals surface area contributed by atoms with Crippen molar-refractivity contribution in [3.05, 3.63) is 59.2 Å². The molecule has 0 aliphatic carbocycles. The molecule has 0 saturated heterocycles. The molecule has 0 spiro atoms. The first-order chi connectivity index (χ1) is 11.1. The minimum absolute atomic E-state index is 0.0438. The average Bonchev–Trinajstić information content (AvgIpc) is 3.06. The van der Waals surface area contributed by atoms with Gasteiger partial charge in [-0.15, -0.1) is 0 Å². The number of H-pyrrole nitrogens is 2. The van der Waals surface area contributed by atoms with Crippen LogP contribution in [0.3, 0.4) is 0 Å². The molecule has 5 heteroatoms. The fourth-order valence-corrected chi connectivity index (χ4v) is 2.65. The third kappa shape index (κ3) is 2.83. The van der Waals surface area contributed by atoms with Gasteiger partial charge in [0.1, 0.15) is 11.3 Å². The summed E-state index contributed by atoms with van der Waals surface area (Å²) < 4.78 is 0. The van der Waals surface area contributed by atoms with Gasteiger partial charge in [-0.05, 0) is 56.2 Å². The molecule has 4 heterocycles. The van der Waals surface area contributed by atoms with E-state index in [-0.39, 0.29) is 6.61 Å². The molecule has 0 aliphatic heterocycles. The molecule has 0 saturated carbocycles. The molecule has 3 N–H and O–H groups in total. The predicted molar refractivity (Wildman–Crippen MR) is 92.3 cm³/mol. The number of rotatable bonds is 1. The lowest BCUT2D eigenvalue weighted by Gasteiger charge is -1.90. The molecule has 118 valence electrons. The maximum atomic E-state index is 8.96. The van der Waals surface area contributed by atoms with Gasteiger partial charge in [-0.25, -0.2) is 9.97 Å². The van der Waals surface area contributed by atoms with Crippen LogP contribution in [-0.2, 0) is 6.61 Å². The zero-order valence-electron chi connectivity index (χ0n) is 13.5. The van der Waals surface area contributed by atoms with Crippen molar-refractivity contribution in [2.45, 2.75) is 27.4 Å². The van der Waals surface area contributed by atoms with Crippen molar-refractivity contribution in [1.29, 1.82) is 0 Å². The highest BCUT2D eigenvalue weighted by Gasteiger charge is 2.05. The zero-order chi connectivity index (χ0) is 16.4. The van der Waals surface area contributed by atoms with Gasteiger partial charge in [0, 0.05) is 34.6 Å². The second-order valence-corrected chi connectivity index (χ2v) is 5.56. The Bertz CT molecular complexity index is 952. The smallest absolute Gasteiger partial charge is 0.137 e. The number of hydrogen-bond donors (Lipinski definition) is 3. The molecule has 23 heavy (non-hydrogen) atoms. The number of hydrogen-bond acceptors (Lipinski definition) is 3. The van der Waals surface area contributed by atoms with Gasteiger partial charge >= 0.3 is 0 Å². The van der Waals surface area contributed by atoms with E-state index in [1.165, 1.54) is 16.6 Å². The largest absolute Gasteiger partial charge is 0.390 e. The minimum atomic E-state index is 0.0438. The Balaban J connectivity index is 0.000000136. The Morgan fingerprint density at radius 2 is 1.43 bits per heavy atom. The fraction of sp³-hybridized carbons (Fsp3) is 0.222. The van der Waals surface area contributed by atoms with Crippen LogP contribution >= 0.6 is 0 Å². The number of pyridine rings is 2. The lowest BCUT2D eigenvalue weighted by Crippen LogP contribution is -1.84. The van der Waals surface area contributed by atoms with Crippen molar-refractivity contribution < 1.29 is 5.11 Å². The van der Waals surface area contributed by atoms with Gasteiger partial charge in [0.05, 0.1) is 6.61 Å². The molecule has 0 atom stereocenters. The molecule has 0 bridgehead atoms. The van der Waals surface area contributed by atoms with Crippen molar-refractivity contribution in [3.8, 4) is 0 Å². The molecule has 5 nitrogen and oxygen atoms in total. The highest BCUT2D eigenvalue weighted by molar-refractivity contribution is 5.81. The lowest BCUT2D eigenvalue weighted by atomic mass is 10.2. The normalized spacial score (nSPS) is 10.8. The first kappa shape index (κ1) is 15.2. The summed E-state index contributed by atoms with van der Waals surface area (Å²) >= 11 is 0. The first-order valence-corrected chi connectivity index (χ1v) is 7.54.